The standard InChI is InChI=1S/C25H42O4/c1-3-4-5-6-7-8-9-10-11-12-13-14-15-16-21-28-23-17-19-24(20-18-23)29-22-25(26)27-2/h17-20H,3-16,21-22H2,1-2H3. The molecule has 0 spiro atoms. The summed E-state index contributed by atoms with van der Waals surface area (Å²) in [5.74, 6) is 1.09. The summed E-state index contributed by atoms with van der Waals surface area (Å²) < 4.78 is 15.6. The predicted molar refractivity (Wildman–Crippen MR) is 120 cm³/mol. The Kier molecular flexibility index (Phi) is 16.0. The van der Waals surface area contributed by atoms with Gasteiger partial charge in [-0.15, -0.1) is 0 Å². The van der Waals surface area contributed by atoms with Gasteiger partial charge < -0.3 is 14.2 Å². The van der Waals surface area contributed by atoms with Crippen LogP contribution in [0.25, 0.3) is 0 Å². The Hall–Kier alpha value is -1.71. The maximum absolute atomic E-state index is 11.0. The minimum atomic E-state index is -0.386. The third kappa shape index (κ3) is 14.9. The molecule has 0 saturated heterocycles. The van der Waals surface area contributed by atoms with Gasteiger partial charge in [0.05, 0.1) is 13.7 Å². The van der Waals surface area contributed by atoms with Crippen LogP contribution in [0.1, 0.15) is 96.8 Å². The Labute approximate surface area is 178 Å². The third-order valence-electron chi connectivity index (χ3n) is 5.17. The van der Waals surface area contributed by atoms with Crippen LogP contribution in [-0.2, 0) is 9.53 Å². The molecule has 0 unspecified atom stereocenters. The van der Waals surface area contributed by atoms with E-state index in [1.54, 1.807) is 0 Å². The average molecular weight is 407 g/mol. The van der Waals surface area contributed by atoms with Gasteiger partial charge >= 0.3 is 5.97 Å². The summed E-state index contributed by atoms with van der Waals surface area (Å²) in [4.78, 5) is 11.0. The van der Waals surface area contributed by atoms with E-state index >= 15 is 0 Å². The van der Waals surface area contributed by atoms with E-state index in [0.717, 1.165) is 18.8 Å². The first-order chi connectivity index (χ1) is 14.3. The number of unbranched alkanes of at least 4 members (excludes halogenated alkanes) is 13. The molecule has 1 aromatic rings. The molecule has 4 nitrogen and oxygen atoms in total. The fourth-order valence-electron chi connectivity index (χ4n) is 3.32. The smallest absolute Gasteiger partial charge is 0.343 e. The van der Waals surface area contributed by atoms with Crippen molar-refractivity contribution in [1.82, 2.24) is 0 Å². The molecule has 166 valence electrons. The Morgan fingerprint density at radius 1 is 0.655 bits per heavy atom. The average Bonchev–Trinajstić information content (AvgIpc) is 2.75. The second-order valence-corrected chi connectivity index (χ2v) is 7.78. The number of hydrogen-bond acceptors (Lipinski definition) is 4. The number of methoxy groups -OCH3 is 1. The first kappa shape index (κ1) is 25.3. The molecule has 0 heterocycles. The van der Waals surface area contributed by atoms with Crippen molar-refractivity contribution in [2.24, 2.45) is 0 Å². The minimum Gasteiger partial charge on any atom is -0.494 e. The topological polar surface area (TPSA) is 44.8 Å². The Bertz CT molecular complexity index is 498. The second kappa shape index (κ2) is 18.3. The van der Waals surface area contributed by atoms with E-state index in [0.29, 0.717) is 5.75 Å². The number of carbonyl (C=O) groups is 1. The maximum atomic E-state index is 11.0. The van der Waals surface area contributed by atoms with Crippen LogP contribution in [0.15, 0.2) is 24.3 Å². The molecule has 0 amide bonds. The molecule has 29 heavy (non-hydrogen) atoms. The van der Waals surface area contributed by atoms with E-state index in [4.69, 9.17) is 9.47 Å². The normalized spacial score (nSPS) is 10.7. The van der Waals surface area contributed by atoms with Crippen LogP contribution in [0.4, 0.5) is 0 Å². The first-order valence-corrected chi connectivity index (χ1v) is 11.7. The molecule has 4 heteroatoms. The van der Waals surface area contributed by atoms with E-state index < -0.39 is 0 Å². The number of ether oxygens (including phenoxy) is 3. The van der Waals surface area contributed by atoms with E-state index in [2.05, 4.69) is 11.7 Å². The quantitative estimate of drug-likeness (QED) is 0.181. The van der Waals surface area contributed by atoms with Crippen molar-refractivity contribution in [3.05, 3.63) is 24.3 Å². The van der Waals surface area contributed by atoms with Gasteiger partial charge in [0, 0.05) is 0 Å². The summed E-state index contributed by atoms with van der Waals surface area (Å²) in [5, 5.41) is 0. The largest absolute Gasteiger partial charge is 0.494 e. The van der Waals surface area contributed by atoms with Crippen LogP contribution < -0.4 is 9.47 Å². The lowest BCUT2D eigenvalue weighted by Gasteiger charge is -2.08. The molecule has 1 aromatic carbocycles. The fraction of sp³-hybridized carbons (Fsp3) is 0.720. The molecule has 0 bridgehead atoms. The second-order valence-electron chi connectivity index (χ2n) is 7.78. The van der Waals surface area contributed by atoms with Crippen LogP contribution in [0.3, 0.4) is 0 Å². The fourth-order valence-corrected chi connectivity index (χ4v) is 3.32. The molecule has 0 aliphatic heterocycles. The van der Waals surface area contributed by atoms with Gasteiger partial charge in [-0.25, -0.2) is 4.79 Å². The van der Waals surface area contributed by atoms with Crippen LogP contribution in [-0.4, -0.2) is 26.3 Å². The van der Waals surface area contributed by atoms with E-state index in [1.165, 1.54) is 90.6 Å². The molecule has 1 rings (SSSR count). The number of benzene rings is 1. The van der Waals surface area contributed by atoms with Crippen molar-refractivity contribution >= 4 is 5.97 Å². The van der Waals surface area contributed by atoms with Gasteiger partial charge in [-0.1, -0.05) is 90.4 Å². The van der Waals surface area contributed by atoms with Crippen molar-refractivity contribution in [2.45, 2.75) is 96.8 Å². The minimum absolute atomic E-state index is 0.0737. The number of rotatable bonds is 19. The zero-order chi connectivity index (χ0) is 21.0. The molecule has 0 aliphatic rings. The van der Waals surface area contributed by atoms with Crippen molar-refractivity contribution in [3.63, 3.8) is 0 Å². The SMILES string of the molecule is CCCCCCCCCCCCCCCCOc1ccc(OCC(=O)OC)cc1. The Morgan fingerprint density at radius 2 is 1.07 bits per heavy atom. The number of esters is 1. The van der Waals surface area contributed by atoms with E-state index in [-0.39, 0.29) is 12.6 Å². The highest BCUT2D eigenvalue weighted by atomic mass is 16.6. The van der Waals surface area contributed by atoms with Crippen LogP contribution in [0, 0.1) is 0 Å². The van der Waals surface area contributed by atoms with Crippen molar-refractivity contribution in [3.8, 4) is 11.5 Å². The summed E-state index contributed by atoms with van der Waals surface area (Å²) in [5.41, 5.74) is 0. The van der Waals surface area contributed by atoms with Gasteiger partial charge in [0.25, 0.3) is 0 Å². The lowest BCUT2D eigenvalue weighted by atomic mass is 10.0. The highest BCUT2D eigenvalue weighted by Gasteiger charge is 2.02. The molecule has 0 N–H and O–H groups in total. The number of carbonyl (C=O) groups excluding carboxylic acids is 1. The van der Waals surface area contributed by atoms with Gasteiger partial charge in [-0.2, -0.15) is 0 Å². The predicted octanol–water partition coefficient (Wildman–Crippen LogP) is 7.10. The summed E-state index contributed by atoms with van der Waals surface area (Å²) in [6.45, 7) is 2.95. The van der Waals surface area contributed by atoms with Gasteiger partial charge in [-0.3, -0.25) is 0 Å². The van der Waals surface area contributed by atoms with Crippen LogP contribution >= 0.6 is 0 Å². The monoisotopic (exact) mass is 406 g/mol. The van der Waals surface area contributed by atoms with Gasteiger partial charge in [0.15, 0.2) is 6.61 Å². The molecule has 0 aromatic heterocycles. The van der Waals surface area contributed by atoms with Gasteiger partial charge in [-0.05, 0) is 30.7 Å². The maximum Gasteiger partial charge on any atom is 0.343 e. The molecule has 0 atom stereocenters. The van der Waals surface area contributed by atoms with Crippen molar-refractivity contribution in [2.75, 3.05) is 20.3 Å². The van der Waals surface area contributed by atoms with Crippen LogP contribution in [0.2, 0.25) is 0 Å². The van der Waals surface area contributed by atoms with Gasteiger partial charge in [0.1, 0.15) is 11.5 Å². The summed E-state index contributed by atoms with van der Waals surface area (Å²) in [6, 6.07) is 7.36. The summed E-state index contributed by atoms with van der Waals surface area (Å²) in [6.07, 6.45) is 19.1. The lowest BCUT2D eigenvalue weighted by molar-refractivity contribution is -0.142. The van der Waals surface area contributed by atoms with E-state index in [9.17, 15) is 4.79 Å². The third-order valence-corrected chi connectivity index (χ3v) is 5.17. The summed E-state index contributed by atoms with van der Waals surface area (Å²) >= 11 is 0. The summed E-state index contributed by atoms with van der Waals surface area (Å²) in [7, 11) is 1.35. The molecule has 0 aliphatic carbocycles. The zero-order valence-corrected chi connectivity index (χ0v) is 18.8. The van der Waals surface area contributed by atoms with Crippen LogP contribution in [0.5, 0.6) is 11.5 Å². The highest BCUT2D eigenvalue weighted by molar-refractivity contribution is 5.70. The molecule has 0 fully saturated rings. The van der Waals surface area contributed by atoms with E-state index in [1.807, 2.05) is 24.3 Å². The number of hydrogen-bond donors (Lipinski definition) is 0. The molecule has 0 saturated carbocycles. The molecule has 0 radical (unpaired) electrons. The highest BCUT2D eigenvalue weighted by Crippen LogP contribution is 2.18. The Morgan fingerprint density at radius 3 is 1.52 bits per heavy atom. The zero-order valence-electron chi connectivity index (χ0n) is 18.8. The first-order valence-electron chi connectivity index (χ1n) is 11.7. The van der Waals surface area contributed by atoms with Crippen molar-refractivity contribution in [1.29, 1.82) is 0 Å². The van der Waals surface area contributed by atoms with Gasteiger partial charge in [0.2, 0.25) is 0 Å². The Balaban J connectivity index is 1.88. The van der Waals surface area contributed by atoms with Crippen molar-refractivity contribution < 1.29 is 19.0 Å². The molecular weight excluding hydrogens is 364 g/mol. The molecular formula is C25H42O4. The lowest BCUT2D eigenvalue weighted by Crippen LogP contribution is -2.12.